The van der Waals surface area contributed by atoms with E-state index in [0.29, 0.717) is 11.5 Å². The van der Waals surface area contributed by atoms with Crippen LogP contribution in [-0.4, -0.2) is 29.5 Å². The zero-order chi connectivity index (χ0) is 23.3. The van der Waals surface area contributed by atoms with Crippen LogP contribution in [0, 0.1) is 0 Å². The average Bonchev–Trinajstić information content (AvgIpc) is 3.57. The predicted molar refractivity (Wildman–Crippen MR) is 125 cm³/mol. The lowest BCUT2D eigenvalue weighted by Crippen LogP contribution is -2.46. The van der Waals surface area contributed by atoms with E-state index in [1.807, 2.05) is 48.5 Å². The molecule has 7 heteroatoms. The van der Waals surface area contributed by atoms with Gasteiger partial charge in [-0.15, -0.1) is 0 Å². The lowest BCUT2D eigenvalue weighted by atomic mass is 9.94. The molecule has 0 radical (unpaired) electrons. The van der Waals surface area contributed by atoms with Crippen LogP contribution in [0.3, 0.4) is 0 Å². The molecule has 34 heavy (non-hydrogen) atoms. The number of carbonyl (C=O) groups is 2. The molecule has 1 unspecified atom stereocenters. The molecule has 0 bridgehead atoms. The summed E-state index contributed by atoms with van der Waals surface area (Å²) < 4.78 is 16.4. The summed E-state index contributed by atoms with van der Waals surface area (Å²) in [6.07, 6.45) is 6.79. The van der Waals surface area contributed by atoms with Crippen LogP contribution in [0.4, 0.5) is 0 Å². The highest BCUT2D eigenvalue weighted by atomic mass is 16.7. The molecule has 1 N–H and O–H groups in total. The third kappa shape index (κ3) is 4.78. The Hall–Kier alpha value is -3.74. The Morgan fingerprint density at radius 1 is 0.941 bits per heavy atom. The molecular weight excluding hydrogens is 432 g/mol. The minimum absolute atomic E-state index is 0.124. The molecule has 1 saturated carbocycles. The van der Waals surface area contributed by atoms with Crippen molar-refractivity contribution < 1.29 is 23.5 Å². The number of nitrogens with zero attached hydrogens (tertiary/aromatic N) is 1. The van der Waals surface area contributed by atoms with Crippen LogP contribution in [0.25, 0.3) is 0 Å². The zero-order valence-electron chi connectivity index (χ0n) is 18.9. The highest BCUT2D eigenvalue weighted by Crippen LogP contribution is 2.34. The summed E-state index contributed by atoms with van der Waals surface area (Å²) in [7, 11) is 0. The number of rotatable bonds is 7. The number of fused-ring (bicyclic) bond motifs is 1. The van der Waals surface area contributed by atoms with Gasteiger partial charge in [-0.2, -0.15) is 0 Å². The molecule has 2 heterocycles. The summed E-state index contributed by atoms with van der Waals surface area (Å²) in [5.74, 6) is 0.953. The van der Waals surface area contributed by atoms with E-state index < -0.39 is 6.04 Å². The second-order valence-electron chi connectivity index (χ2n) is 8.75. The fourth-order valence-electron chi connectivity index (χ4n) is 4.69. The van der Waals surface area contributed by atoms with Gasteiger partial charge in [-0.25, -0.2) is 0 Å². The van der Waals surface area contributed by atoms with Crippen molar-refractivity contribution in [1.29, 1.82) is 0 Å². The van der Waals surface area contributed by atoms with E-state index in [1.54, 1.807) is 17.0 Å². The fourth-order valence-corrected chi connectivity index (χ4v) is 4.69. The van der Waals surface area contributed by atoms with Crippen LogP contribution < -0.4 is 14.8 Å². The summed E-state index contributed by atoms with van der Waals surface area (Å²) in [5.41, 5.74) is 1.58. The third-order valence-corrected chi connectivity index (χ3v) is 6.41. The maximum Gasteiger partial charge on any atom is 0.290 e. The zero-order valence-corrected chi connectivity index (χ0v) is 18.9. The summed E-state index contributed by atoms with van der Waals surface area (Å²) >= 11 is 0. The third-order valence-electron chi connectivity index (χ3n) is 6.41. The molecule has 1 aliphatic carbocycles. The molecule has 2 aliphatic rings. The molecular formula is C27H28N2O5. The van der Waals surface area contributed by atoms with Crippen molar-refractivity contribution in [2.45, 2.75) is 50.7 Å². The Morgan fingerprint density at radius 2 is 1.74 bits per heavy atom. The quantitative estimate of drug-likeness (QED) is 0.546. The second kappa shape index (κ2) is 10.0. The number of hydrogen-bond donors (Lipinski definition) is 1. The Morgan fingerprint density at radius 3 is 2.50 bits per heavy atom. The van der Waals surface area contributed by atoms with Gasteiger partial charge in [0, 0.05) is 12.6 Å². The summed E-state index contributed by atoms with van der Waals surface area (Å²) in [6.45, 7) is 0.373. The molecule has 0 spiro atoms. The van der Waals surface area contributed by atoms with Gasteiger partial charge in [0.1, 0.15) is 6.04 Å². The maximum absolute atomic E-state index is 13.7. The second-order valence-corrected chi connectivity index (χ2v) is 8.75. The van der Waals surface area contributed by atoms with Crippen LogP contribution in [0.1, 0.15) is 59.8 Å². The van der Waals surface area contributed by atoms with Gasteiger partial charge in [0.15, 0.2) is 17.3 Å². The minimum atomic E-state index is -0.814. The molecule has 1 fully saturated rings. The average molecular weight is 461 g/mol. The molecule has 1 aromatic heterocycles. The Kier molecular flexibility index (Phi) is 6.51. The van der Waals surface area contributed by atoms with Crippen LogP contribution in [0.2, 0.25) is 0 Å². The molecule has 3 aromatic rings. The molecule has 0 saturated heterocycles. The van der Waals surface area contributed by atoms with Gasteiger partial charge >= 0.3 is 0 Å². The number of nitrogens with one attached hydrogen (secondary N) is 1. The lowest BCUT2D eigenvalue weighted by Gasteiger charge is -2.33. The summed E-state index contributed by atoms with van der Waals surface area (Å²) in [6, 6.07) is 17.6. The van der Waals surface area contributed by atoms with Gasteiger partial charge in [0.2, 0.25) is 12.7 Å². The van der Waals surface area contributed by atoms with E-state index in [2.05, 4.69) is 5.32 Å². The minimum Gasteiger partial charge on any atom is -0.459 e. The first-order valence-electron chi connectivity index (χ1n) is 11.8. The topological polar surface area (TPSA) is 81.0 Å². The van der Waals surface area contributed by atoms with Crippen molar-refractivity contribution in [2.75, 3.05) is 6.79 Å². The number of furan rings is 1. The highest BCUT2D eigenvalue weighted by molar-refractivity contribution is 5.96. The molecule has 1 atom stereocenters. The van der Waals surface area contributed by atoms with Crippen molar-refractivity contribution >= 4 is 11.8 Å². The van der Waals surface area contributed by atoms with Gasteiger partial charge < -0.3 is 24.1 Å². The SMILES string of the molecule is O=C(NC1CCCCC1)C(c1ccccc1)N(Cc1ccc2c(c1)OCO2)C(=O)c1ccco1. The first-order chi connectivity index (χ1) is 16.7. The van der Waals surface area contributed by atoms with E-state index in [-0.39, 0.29) is 37.0 Å². The van der Waals surface area contributed by atoms with Gasteiger partial charge in [0.25, 0.3) is 5.91 Å². The van der Waals surface area contributed by atoms with Crippen molar-refractivity contribution in [1.82, 2.24) is 10.2 Å². The van der Waals surface area contributed by atoms with Gasteiger partial charge in [0.05, 0.1) is 6.26 Å². The molecule has 2 amide bonds. The maximum atomic E-state index is 13.7. The lowest BCUT2D eigenvalue weighted by molar-refractivity contribution is -0.127. The normalized spacial score (nSPS) is 16.1. The van der Waals surface area contributed by atoms with E-state index >= 15 is 0 Å². The van der Waals surface area contributed by atoms with E-state index in [0.717, 1.165) is 36.8 Å². The number of ether oxygens (including phenoxy) is 2. The van der Waals surface area contributed by atoms with E-state index in [9.17, 15) is 9.59 Å². The Bertz CT molecular complexity index is 1120. The smallest absolute Gasteiger partial charge is 0.290 e. The van der Waals surface area contributed by atoms with Crippen molar-refractivity contribution in [3.63, 3.8) is 0 Å². The van der Waals surface area contributed by atoms with E-state index in [1.165, 1.54) is 12.7 Å². The standard InChI is InChI=1S/C27H28N2O5/c30-26(28-21-10-5-2-6-11-21)25(20-8-3-1-4-9-20)29(27(31)23-12-7-15-32-23)17-19-13-14-22-24(16-19)34-18-33-22/h1,3-4,7-9,12-16,21,25H,2,5-6,10-11,17-18H2,(H,28,30). The van der Waals surface area contributed by atoms with Crippen molar-refractivity contribution in [2.24, 2.45) is 0 Å². The molecule has 1 aliphatic heterocycles. The summed E-state index contributed by atoms with van der Waals surface area (Å²) in [5, 5.41) is 3.22. The Labute approximate surface area is 198 Å². The first-order valence-corrected chi connectivity index (χ1v) is 11.8. The number of amides is 2. The van der Waals surface area contributed by atoms with Gasteiger partial charge in [-0.3, -0.25) is 9.59 Å². The Balaban J connectivity index is 1.50. The van der Waals surface area contributed by atoms with Crippen LogP contribution in [0.15, 0.2) is 71.3 Å². The first kappa shape index (κ1) is 22.1. The monoisotopic (exact) mass is 460 g/mol. The number of carbonyl (C=O) groups excluding carboxylic acids is 2. The molecule has 176 valence electrons. The number of hydrogen-bond acceptors (Lipinski definition) is 5. The van der Waals surface area contributed by atoms with Gasteiger partial charge in [-0.1, -0.05) is 55.7 Å². The van der Waals surface area contributed by atoms with Crippen LogP contribution >= 0.6 is 0 Å². The van der Waals surface area contributed by atoms with Crippen molar-refractivity contribution in [3.05, 3.63) is 83.8 Å². The van der Waals surface area contributed by atoms with Crippen molar-refractivity contribution in [3.8, 4) is 11.5 Å². The van der Waals surface area contributed by atoms with E-state index in [4.69, 9.17) is 13.9 Å². The summed E-state index contributed by atoms with van der Waals surface area (Å²) in [4.78, 5) is 28.9. The van der Waals surface area contributed by atoms with Crippen LogP contribution in [-0.2, 0) is 11.3 Å². The number of benzene rings is 2. The molecule has 2 aromatic carbocycles. The fraction of sp³-hybridized carbons (Fsp3) is 0.333. The highest BCUT2D eigenvalue weighted by Gasteiger charge is 2.34. The predicted octanol–water partition coefficient (Wildman–Crippen LogP) is 4.84. The largest absolute Gasteiger partial charge is 0.459 e. The molecule has 5 rings (SSSR count). The molecule has 7 nitrogen and oxygen atoms in total. The van der Waals surface area contributed by atoms with Crippen LogP contribution in [0.5, 0.6) is 11.5 Å². The van der Waals surface area contributed by atoms with Gasteiger partial charge in [-0.05, 0) is 48.2 Å².